The summed E-state index contributed by atoms with van der Waals surface area (Å²) in [5.41, 5.74) is 1.82. The summed E-state index contributed by atoms with van der Waals surface area (Å²) in [6, 6.07) is 5.82. The van der Waals surface area contributed by atoms with Gasteiger partial charge in [0.2, 0.25) is 0 Å². The van der Waals surface area contributed by atoms with Gasteiger partial charge in [-0.2, -0.15) is 0 Å². The highest BCUT2D eigenvalue weighted by molar-refractivity contribution is 5.79. The van der Waals surface area contributed by atoms with Crippen molar-refractivity contribution in [3.05, 3.63) is 29.3 Å². The van der Waals surface area contributed by atoms with E-state index >= 15 is 0 Å². The smallest absolute Gasteiger partial charge is 0.153 e. The number of aldehydes is 1. The SMILES string of the molecule is COc1ccc(CN2CCCC2)cc1C=O. The molecule has 1 saturated heterocycles. The first-order valence-electron chi connectivity index (χ1n) is 5.68. The third kappa shape index (κ3) is 2.42. The molecule has 0 spiro atoms. The molecule has 0 aliphatic carbocycles. The first kappa shape index (κ1) is 11.1. The van der Waals surface area contributed by atoms with Crippen molar-refractivity contribution in [2.45, 2.75) is 19.4 Å². The highest BCUT2D eigenvalue weighted by Gasteiger charge is 2.12. The van der Waals surface area contributed by atoms with Gasteiger partial charge in [0.25, 0.3) is 0 Å². The van der Waals surface area contributed by atoms with E-state index in [-0.39, 0.29) is 0 Å². The van der Waals surface area contributed by atoms with Gasteiger partial charge in [0.1, 0.15) is 5.75 Å². The van der Waals surface area contributed by atoms with E-state index in [0.717, 1.165) is 12.8 Å². The number of nitrogens with zero attached hydrogens (tertiary/aromatic N) is 1. The first-order valence-corrected chi connectivity index (χ1v) is 5.68. The van der Waals surface area contributed by atoms with Crippen molar-refractivity contribution in [1.82, 2.24) is 4.90 Å². The predicted octanol–water partition coefficient (Wildman–Crippen LogP) is 2.10. The van der Waals surface area contributed by atoms with Crippen LogP contribution in [0.3, 0.4) is 0 Å². The standard InChI is InChI=1S/C13H17NO2/c1-16-13-5-4-11(8-12(13)10-15)9-14-6-2-3-7-14/h4-5,8,10H,2-3,6-7,9H2,1H3. The van der Waals surface area contributed by atoms with Crippen LogP contribution in [-0.2, 0) is 6.54 Å². The number of hydrogen-bond donors (Lipinski definition) is 0. The molecule has 3 nitrogen and oxygen atoms in total. The molecule has 0 amide bonds. The highest BCUT2D eigenvalue weighted by atomic mass is 16.5. The number of rotatable bonds is 4. The van der Waals surface area contributed by atoms with Gasteiger partial charge in [-0.05, 0) is 43.6 Å². The lowest BCUT2D eigenvalue weighted by molar-refractivity contribution is 0.112. The Kier molecular flexibility index (Phi) is 3.57. The van der Waals surface area contributed by atoms with E-state index in [4.69, 9.17) is 4.74 Å². The van der Waals surface area contributed by atoms with Crippen molar-refractivity contribution in [3.63, 3.8) is 0 Å². The fourth-order valence-corrected chi connectivity index (χ4v) is 2.17. The maximum absolute atomic E-state index is 10.9. The minimum absolute atomic E-state index is 0.638. The lowest BCUT2D eigenvalue weighted by Gasteiger charge is -2.15. The normalized spacial score (nSPS) is 16.3. The van der Waals surface area contributed by atoms with Gasteiger partial charge in [0.15, 0.2) is 6.29 Å². The Morgan fingerprint density at radius 3 is 2.75 bits per heavy atom. The predicted molar refractivity (Wildman–Crippen MR) is 62.9 cm³/mol. The molecule has 0 N–H and O–H groups in total. The molecule has 1 heterocycles. The van der Waals surface area contributed by atoms with Crippen LogP contribution in [0.4, 0.5) is 0 Å². The molecule has 1 fully saturated rings. The van der Waals surface area contributed by atoms with Crippen molar-refractivity contribution in [1.29, 1.82) is 0 Å². The van der Waals surface area contributed by atoms with Crippen LogP contribution >= 0.6 is 0 Å². The Bertz CT molecular complexity index is 370. The number of benzene rings is 1. The van der Waals surface area contributed by atoms with Gasteiger partial charge >= 0.3 is 0 Å². The van der Waals surface area contributed by atoms with E-state index in [2.05, 4.69) is 4.90 Å². The molecule has 1 aromatic rings. The van der Waals surface area contributed by atoms with Crippen molar-refractivity contribution >= 4 is 6.29 Å². The second kappa shape index (κ2) is 5.12. The van der Waals surface area contributed by atoms with Gasteiger partial charge in [-0.25, -0.2) is 0 Å². The Morgan fingerprint density at radius 1 is 1.38 bits per heavy atom. The molecule has 0 aromatic heterocycles. The number of ether oxygens (including phenoxy) is 1. The van der Waals surface area contributed by atoms with Crippen molar-refractivity contribution in [2.24, 2.45) is 0 Å². The van der Waals surface area contributed by atoms with Crippen LogP contribution in [0, 0.1) is 0 Å². The molecule has 2 rings (SSSR count). The fraction of sp³-hybridized carbons (Fsp3) is 0.462. The van der Waals surface area contributed by atoms with Gasteiger partial charge in [-0.1, -0.05) is 6.07 Å². The number of likely N-dealkylation sites (tertiary alicyclic amines) is 1. The molecule has 1 aliphatic rings. The molecular weight excluding hydrogens is 202 g/mol. The Morgan fingerprint density at radius 2 is 2.12 bits per heavy atom. The third-order valence-electron chi connectivity index (χ3n) is 3.03. The van der Waals surface area contributed by atoms with E-state index in [1.54, 1.807) is 7.11 Å². The number of carbonyl (C=O) groups is 1. The van der Waals surface area contributed by atoms with Crippen LogP contribution in [0.1, 0.15) is 28.8 Å². The summed E-state index contributed by atoms with van der Waals surface area (Å²) in [6.07, 6.45) is 3.43. The second-order valence-corrected chi connectivity index (χ2v) is 4.18. The average molecular weight is 219 g/mol. The summed E-state index contributed by atoms with van der Waals surface area (Å²) < 4.78 is 5.12. The molecular formula is C13H17NO2. The Hall–Kier alpha value is -1.35. The number of hydrogen-bond acceptors (Lipinski definition) is 3. The van der Waals surface area contributed by atoms with Gasteiger partial charge in [-0.3, -0.25) is 9.69 Å². The van der Waals surface area contributed by atoms with Crippen molar-refractivity contribution in [3.8, 4) is 5.75 Å². The van der Waals surface area contributed by atoms with Crippen LogP contribution in [-0.4, -0.2) is 31.4 Å². The molecule has 1 aromatic carbocycles. The van der Waals surface area contributed by atoms with Gasteiger partial charge in [-0.15, -0.1) is 0 Å². The third-order valence-corrected chi connectivity index (χ3v) is 3.03. The summed E-state index contributed by atoms with van der Waals surface area (Å²) in [5, 5.41) is 0. The molecule has 1 aliphatic heterocycles. The zero-order chi connectivity index (χ0) is 11.4. The molecule has 0 unspecified atom stereocenters. The molecule has 3 heteroatoms. The summed E-state index contributed by atoms with van der Waals surface area (Å²) >= 11 is 0. The summed E-state index contributed by atoms with van der Waals surface area (Å²) in [6.45, 7) is 3.27. The number of carbonyl (C=O) groups excluding carboxylic acids is 1. The van der Waals surface area contributed by atoms with Crippen LogP contribution in [0.25, 0.3) is 0 Å². The van der Waals surface area contributed by atoms with Crippen LogP contribution in [0.15, 0.2) is 18.2 Å². The van der Waals surface area contributed by atoms with Crippen LogP contribution in [0.2, 0.25) is 0 Å². The zero-order valence-corrected chi connectivity index (χ0v) is 9.61. The molecule has 16 heavy (non-hydrogen) atoms. The van der Waals surface area contributed by atoms with Gasteiger partial charge in [0, 0.05) is 6.54 Å². The van der Waals surface area contributed by atoms with Gasteiger partial charge < -0.3 is 4.74 Å². The maximum atomic E-state index is 10.9. The lowest BCUT2D eigenvalue weighted by atomic mass is 10.1. The largest absolute Gasteiger partial charge is 0.496 e. The van der Waals surface area contributed by atoms with E-state index in [0.29, 0.717) is 11.3 Å². The van der Waals surface area contributed by atoms with Crippen LogP contribution < -0.4 is 4.74 Å². The maximum Gasteiger partial charge on any atom is 0.153 e. The zero-order valence-electron chi connectivity index (χ0n) is 9.61. The molecule has 0 radical (unpaired) electrons. The average Bonchev–Trinajstić information content (AvgIpc) is 2.81. The molecule has 0 atom stereocenters. The fourth-order valence-electron chi connectivity index (χ4n) is 2.17. The number of methoxy groups -OCH3 is 1. The molecule has 0 saturated carbocycles. The Balaban J connectivity index is 2.12. The minimum atomic E-state index is 0.638. The van der Waals surface area contributed by atoms with Crippen molar-refractivity contribution in [2.75, 3.05) is 20.2 Å². The molecule has 0 bridgehead atoms. The topological polar surface area (TPSA) is 29.5 Å². The summed E-state index contributed by atoms with van der Waals surface area (Å²) in [4.78, 5) is 13.3. The highest BCUT2D eigenvalue weighted by Crippen LogP contribution is 2.20. The second-order valence-electron chi connectivity index (χ2n) is 4.18. The monoisotopic (exact) mass is 219 g/mol. The van der Waals surface area contributed by atoms with E-state index < -0.39 is 0 Å². The van der Waals surface area contributed by atoms with Crippen molar-refractivity contribution < 1.29 is 9.53 Å². The molecule has 86 valence electrons. The summed E-state index contributed by atoms with van der Waals surface area (Å²) in [7, 11) is 1.59. The Labute approximate surface area is 96.0 Å². The first-order chi connectivity index (χ1) is 7.83. The quantitative estimate of drug-likeness (QED) is 0.726. The summed E-state index contributed by atoms with van der Waals surface area (Å²) in [5.74, 6) is 0.653. The van der Waals surface area contributed by atoms with Crippen LogP contribution in [0.5, 0.6) is 5.75 Å². The van der Waals surface area contributed by atoms with Gasteiger partial charge in [0.05, 0.1) is 12.7 Å². The minimum Gasteiger partial charge on any atom is -0.496 e. The van der Waals surface area contributed by atoms with E-state index in [1.165, 1.54) is 31.5 Å². The lowest BCUT2D eigenvalue weighted by Crippen LogP contribution is -2.18. The van der Waals surface area contributed by atoms with E-state index in [9.17, 15) is 4.79 Å². The van der Waals surface area contributed by atoms with E-state index in [1.807, 2.05) is 18.2 Å².